The molecular formula is C33H47N3O5. The number of likely N-dealkylation sites (tertiary alicyclic amines) is 1. The van der Waals surface area contributed by atoms with E-state index in [9.17, 15) is 19.5 Å². The van der Waals surface area contributed by atoms with E-state index in [4.69, 9.17) is 4.74 Å². The summed E-state index contributed by atoms with van der Waals surface area (Å²) < 4.78 is 6.70. The Balaban J connectivity index is 1.82. The summed E-state index contributed by atoms with van der Waals surface area (Å²) in [6.07, 6.45) is 6.48. The minimum atomic E-state index is -1.12. The number of aliphatic hydroxyl groups excluding tert-OH is 1. The Bertz CT molecular complexity index is 1130. The van der Waals surface area contributed by atoms with Gasteiger partial charge in [0.25, 0.3) is 0 Å². The third-order valence-corrected chi connectivity index (χ3v) is 9.60. The van der Waals surface area contributed by atoms with Crippen LogP contribution in [0.3, 0.4) is 0 Å². The van der Waals surface area contributed by atoms with Gasteiger partial charge >= 0.3 is 0 Å². The Morgan fingerprint density at radius 3 is 2.41 bits per heavy atom. The van der Waals surface area contributed by atoms with Crippen LogP contribution in [0.15, 0.2) is 55.6 Å². The van der Waals surface area contributed by atoms with Gasteiger partial charge in [-0.15, -0.1) is 13.2 Å². The molecule has 0 radical (unpaired) electrons. The molecule has 0 aliphatic carbocycles. The Morgan fingerprint density at radius 2 is 1.83 bits per heavy atom. The third-order valence-electron chi connectivity index (χ3n) is 9.60. The van der Waals surface area contributed by atoms with Crippen molar-refractivity contribution in [1.82, 2.24) is 9.80 Å². The maximum atomic E-state index is 14.6. The van der Waals surface area contributed by atoms with Gasteiger partial charge in [-0.2, -0.15) is 0 Å². The molecule has 0 saturated carbocycles. The summed E-state index contributed by atoms with van der Waals surface area (Å²) in [5.41, 5.74) is -0.399. The molecule has 3 amide bonds. The lowest BCUT2D eigenvalue weighted by Gasteiger charge is -2.42. The monoisotopic (exact) mass is 565 g/mol. The molecule has 8 atom stereocenters. The van der Waals surface area contributed by atoms with Crippen molar-refractivity contribution in [3.8, 4) is 0 Å². The van der Waals surface area contributed by atoms with Crippen molar-refractivity contribution in [2.45, 2.75) is 89.6 Å². The number of nitrogens with zero attached hydrogens (tertiary/aromatic N) is 3. The number of hydrogen-bond acceptors (Lipinski definition) is 5. The van der Waals surface area contributed by atoms with Crippen molar-refractivity contribution >= 4 is 23.4 Å². The van der Waals surface area contributed by atoms with Gasteiger partial charge in [-0.05, 0) is 44.2 Å². The number of aliphatic hydroxyl groups is 1. The average molecular weight is 566 g/mol. The summed E-state index contributed by atoms with van der Waals surface area (Å²) in [4.78, 5) is 48.6. The lowest BCUT2D eigenvalue weighted by molar-refractivity contribution is -0.153. The van der Waals surface area contributed by atoms with Crippen LogP contribution in [-0.2, 0) is 19.1 Å². The average Bonchev–Trinajstić information content (AvgIpc) is 3.62. The lowest BCUT2D eigenvalue weighted by Crippen LogP contribution is -2.60. The molecular weight excluding hydrogens is 518 g/mol. The summed E-state index contributed by atoms with van der Waals surface area (Å²) in [6.45, 7) is 16.2. The number of benzene rings is 1. The van der Waals surface area contributed by atoms with Gasteiger partial charge in [-0.3, -0.25) is 14.4 Å². The second-order valence-electron chi connectivity index (χ2n) is 11.9. The van der Waals surface area contributed by atoms with Crippen molar-refractivity contribution in [2.75, 3.05) is 24.6 Å². The number of amides is 3. The summed E-state index contributed by atoms with van der Waals surface area (Å²) in [6, 6.07) is 7.83. The molecule has 3 aliphatic rings. The molecule has 4 rings (SSSR count). The van der Waals surface area contributed by atoms with Crippen molar-refractivity contribution < 1.29 is 24.2 Å². The summed E-state index contributed by atoms with van der Waals surface area (Å²) in [7, 11) is 0. The first-order chi connectivity index (χ1) is 19.7. The van der Waals surface area contributed by atoms with Crippen LogP contribution in [-0.4, -0.2) is 82.2 Å². The van der Waals surface area contributed by atoms with Gasteiger partial charge in [0.05, 0.1) is 30.6 Å². The van der Waals surface area contributed by atoms with Gasteiger partial charge in [0.15, 0.2) is 0 Å². The molecule has 1 spiro atoms. The van der Waals surface area contributed by atoms with Crippen LogP contribution in [0.4, 0.5) is 5.69 Å². The van der Waals surface area contributed by atoms with Crippen molar-refractivity contribution in [3.63, 3.8) is 0 Å². The minimum Gasteiger partial charge on any atom is -0.394 e. The maximum Gasteiger partial charge on any atom is 0.248 e. The minimum absolute atomic E-state index is 0.0525. The van der Waals surface area contributed by atoms with E-state index in [2.05, 4.69) is 20.1 Å². The van der Waals surface area contributed by atoms with Gasteiger partial charge < -0.3 is 24.5 Å². The first kappa shape index (κ1) is 31.0. The van der Waals surface area contributed by atoms with E-state index < -0.39 is 35.6 Å². The zero-order valence-electron chi connectivity index (χ0n) is 25.1. The first-order valence-corrected chi connectivity index (χ1v) is 15.2. The topological polar surface area (TPSA) is 90.4 Å². The van der Waals surface area contributed by atoms with E-state index in [1.54, 1.807) is 26.9 Å². The van der Waals surface area contributed by atoms with Gasteiger partial charge in [0.2, 0.25) is 17.7 Å². The van der Waals surface area contributed by atoms with Gasteiger partial charge in [-0.1, -0.05) is 64.0 Å². The number of anilines is 1. The van der Waals surface area contributed by atoms with E-state index >= 15 is 0 Å². The predicted molar refractivity (Wildman–Crippen MR) is 160 cm³/mol. The van der Waals surface area contributed by atoms with E-state index in [0.29, 0.717) is 25.9 Å². The van der Waals surface area contributed by atoms with Crippen LogP contribution in [0.2, 0.25) is 0 Å². The number of carbonyl (C=O) groups excluding carboxylic acids is 3. The van der Waals surface area contributed by atoms with Crippen LogP contribution < -0.4 is 4.90 Å². The number of rotatable bonds is 14. The van der Waals surface area contributed by atoms with E-state index in [1.165, 1.54) is 0 Å². The molecule has 0 aromatic heterocycles. The quantitative estimate of drug-likeness (QED) is 0.342. The number of hydrogen-bond donors (Lipinski definition) is 1. The van der Waals surface area contributed by atoms with E-state index in [0.717, 1.165) is 24.9 Å². The third kappa shape index (κ3) is 5.25. The number of para-hydroxylation sites is 1. The molecule has 1 aromatic carbocycles. The largest absolute Gasteiger partial charge is 0.394 e. The zero-order chi connectivity index (χ0) is 29.9. The molecule has 3 saturated heterocycles. The highest BCUT2D eigenvalue weighted by Crippen LogP contribution is 2.59. The van der Waals surface area contributed by atoms with Crippen LogP contribution in [0.5, 0.6) is 0 Å². The highest BCUT2D eigenvalue weighted by molar-refractivity contribution is 6.03. The highest BCUT2D eigenvalue weighted by atomic mass is 16.5. The number of ether oxygens (including phenoxy) is 1. The first-order valence-electron chi connectivity index (χ1n) is 15.2. The normalized spacial score (nSPS) is 28.6. The molecule has 3 fully saturated rings. The fraction of sp³-hybridized carbons (Fsp3) is 0.606. The Morgan fingerprint density at radius 1 is 1.15 bits per heavy atom. The van der Waals surface area contributed by atoms with E-state index in [-0.39, 0.29) is 36.3 Å². The summed E-state index contributed by atoms with van der Waals surface area (Å²) >= 11 is 0. The van der Waals surface area contributed by atoms with Crippen LogP contribution in [0.1, 0.15) is 59.8 Å². The van der Waals surface area contributed by atoms with Crippen molar-refractivity contribution in [3.05, 3.63) is 55.6 Å². The smallest absolute Gasteiger partial charge is 0.248 e. The predicted octanol–water partition coefficient (Wildman–Crippen LogP) is 4.19. The van der Waals surface area contributed by atoms with Crippen LogP contribution >= 0.6 is 0 Å². The van der Waals surface area contributed by atoms with Gasteiger partial charge in [-0.25, -0.2) is 0 Å². The fourth-order valence-corrected chi connectivity index (χ4v) is 7.42. The Hall–Kier alpha value is -2.97. The second kappa shape index (κ2) is 12.9. The molecule has 1 aromatic rings. The molecule has 3 aliphatic heterocycles. The molecule has 2 bridgehead atoms. The molecule has 224 valence electrons. The zero-order valence-corrected chi connectivity index (χ0v) is 25.1. The standard InChI is InChI=1S/C33H47N3O5/c1-7-14-23(6)34(19-8-2)32(40)29-33-18-17-26(41-33)27(28(33)31(39)36(29)25(21-37)22(5)10-4)30(38)35(20-9-3)24-15-12-11-13-16-24/h8-9,11-13,15-16,22-23,25-29,37H,2-3,7,10,14,17-21H2,1,4-6H3/t22-,23?,25-,26-,27+,28-,29?,33?/m0/s1. The molecule has 8 heteroatoms. The second-order valence-corrected chi connectivity index (χ2v) is 11.9. The molecule has 3 unspecified atom stereocenters. The molecule has 3 heterocycles. The van der Waals surface area contributed by atoms with Crippen molar-refractivity contribution in [1.29, 1.82) is 0 Å². The SMILES string of the molecule is C=CCN(C(=O)[C@@H]1[C@@H]2CCC3(O2)C(C(=O)N(CC=C)C(C)CCC)N([C@@H](CO)[C@@H](C)CC)C(=O)[C@H]13)c1ccccc1. The van der Waals surface area contributed by atoms with Crippen molar-refractivity contribution in [2.24, 2.45) is 17.8 Å². The van der Waals surface area contributed by atoms with Crippen LogP contribution in [0, 0.1) is 17.8 Å². The highest BCUT2D eigenvalue weighted by Gasteiger charge is 2.75. The summed E-state index contributed by atoms with van der Waals surface area (Å²) in [5, 5.41) is 10.6. The van der Waals surface area contributed by atoms with E-state index in [1.807, 2.05) is 51.1 Å². The fourth-order valence-electron chi connectivity index (χ4n) is 7.42. The summed E-state index contributed by atoms with van der Waals surface area (Å²) in [5.74, 6) is -2.23. The molecule has 41 heavy (non-hydrogen) atoms. The maximum absolute atomic E-state index is 14.6. The van der Waals surface area contributed by atoms with Gasteiger partial charge in [0, 0.05) is 24.8 Å². The van der Waals surface area contributed by atoms with Gasteiger partial charge in [0.1, 0.15) is 11.6 Å². The molecule has 8 nitrogen and oxygen atoms in total. The Labute approximate surface area is 245 Å². The lowest BCUT2D eigenvalue weighted by atomic mass is 9.70. The molecule has 1 N–H and O–H groups in total. The van der Waals surface area contributed by atoms with Crippen LogP contribution in [0.25, 0.3) is 0 Å². The number of carbonyl (C=O) groups is 3. The Kier molecular flexibility index (Phi) is 9.75. The number of fused-ring (bicyclic) bond motifs is 1.